The maximum Gasteiger partial charge on any atom is 0.329 e. The fourth-order valence-electron chi connectivity index (χ4n) is 1.51. The highest BCUT2D eigenvalue weighted by Gasteiger charge is 2.07. The van der Waals surface area contributed by atoms with Crippen LogP contribution in [0.2, 0.25) is 0 Å². The normalized spacial score (nSPS) is 9.95. The number of aliphatic carboxylic acids is 1. The number of carbonyl (C=O) groups excluding carboxylic acids is 1. The first kappa shape index (κ1) is 15.0. The number of nitrogens with one attached hydrogen (secondary N) is 1. The lowest BCUT2D eigenvalue weighted by Gasteiger charge is -2.08. The van der Waals surface area contributed by atoms with Crippen LogP contribution in [0.25, 0.3) is 0 Å². The maximum atomic E-state index is 11.6. The van der Waals surface area contributed by atoms with Crippen LogP contribution in [0.5, 0.6) is 5.75 Å². The number of methoxy groups -OCH3 is 1. The molecule has 0 spiro atoms. The SMILES string of the molecule is COc1ccccc1CC(=O)NCCOCC(=O)O. The molecule has 1 rings (SSSR count). The largest absolute Gasteiger partial charge is 0.496 e. The number of carboxylic acids is 1. The Labute approximate surface area is 111 Å². The molecule has 0 radical (unpaired) electrons. The molecule has 0 aliphatic carbocycles. The predicted octanol–water partition coefficient (Wildman–Crippen LogP) is 0.455. The van der Waals surface area contributed by atoms with Crippen molar-refractivity contribution in [3.8, 4) is 5.75 Å². The molecule has 0 aliphatic rings. The lowest BCUT2D eigenvalue weighted by atomic mass is 10.1. The van der Waals surface area contributed by atoms with Crippen LogP contribution in [0.4, 0.5) is 0 Å². The molecule has 6 nitrogen and oxygen atoms in total. The third-order valence-electron chi connectivity index (χ3n) is 2.34. The minimum Gasteiger partial charge on any atom is -0.496 e. The van der Waals surface area contributed by atoms with E-state index in [-0.39, 0.29) is 32.1 Å². The molecule has 19 heavy (non-hydrogen) atoms. The number of hydrogen-bond acceptors (Lipinski definition) is 4. The zero-order chi connectivity index (χ0) is 14.1. The number of carbonyl (C=O) groups is 2. The summed E-state index contributed by atoms with van der Waals surface area (Å²) in [5, 5.41) is 11.0. The third-order valence-corrected chi connectivity index (χ3v) is 2.34. The van der Waals surface area contributed by atoms with Crippen LogP contribution in [0, 0.1) is 0 Å². The van der Waals surface area contributed by atoms with E-state index >= 15 is 0 Å². The van der Waals surface area contributed by atoms with Crippen molar-refractivity contribution in [3.05, 3.63) is 29.8 Å². The molecule has 0 unspecified atom stereocenters. The Morgan fingerprint density at radius 1 is 1.32 bits per heavy atom. The van der Waals surface area contributed by atoms with Gasteiger partial charge >= 0.3 is 5.97 Å². The molecule has 6 heteroatoms. The third kappa shape index (κ3) is 5.87. The van der Waals surface area contributed by atoms with Crippen LogP contribution in [0.15, 0.2) is 24.3 Å². The summed E-state index contributed by atoms with van der Waals surface area (Å²) >= 11 is 0. The van der Waals surface area contributed by atoms with Crippen LogP contribution in [0.3, 0.4) is 0 Å². The van der Waals surface area contributed by atoms with Gasteiger partial charge in [-0.05, 0) is 6.07 Å². The Morgan fingerprint density at radius 3 is 2.74 bits per heavy atom. The van der Waals surface area contributed by atoms with Crippen molar-refractivity contribution in [2.24, 2.45) is 0 Å². The number of benzene rings is 1. The smallest absolute Gasteiger partial charge is 0.329 e. The molecule has 1 aromatic carbocycles. The highest BCUT2D eigenvalue weighted by atomic mass is 16.5. The van der Waals surface area contributed by atoms with Crippen molar-refractivity contribution in [3.63, 3.8) is 0 Å². The fraction of sp³-hybridized carbons (Fsp3) is 0.385. The second-order valence-corrected chi connectivity index (χ2v) is 3.78. The van der Waals surface area contributed by atoms with Gasteiger partial charge < -0.3 is 19.9 Å². The Morgan fingerprint density at radius 2 is 2.05 bits per heavy atom. The van der Waals surface area contributed by atoms with Gasteiger partial charge in [0.15, 0.2) is 0 Å². The van der Waals surface area contributed by atoms with Gasteiger partial charge in [-0.1, -0.05) is 18.2 Å². The minimum atomic E-state index is -1.03. The first-order valence-corrected chi connectivity index (χ1v) is 5.81. The number of ether oxygens (including phenoxy) is 2. The van der Waals surface area contributed by atoms with Gasteiger partial charge in [0.2, 0.25) is 5.91 Å². The highest BCUT2D eigenvalue weighted by molar-refractivity contribution is 5.79. The molecule has 104 valence electrons. The zero-order valence-corrected chi connectivity index (χ0v) is 10.7. The maximum absolute atomic E-state index is 11.6. The van der Waals surface area contributed by atoms with Gasteiger partial charge in [-0.15, -0.1) is 0 Å². The van der Waals surface area contributed by atoms with Crippen molar-refractivity contribution in [2.75, 3.05) is 26.9 Å². The summed E-state index contributed by atoms with van der Waals surface area (Å²) < 4.78 is 9.95. The molecule has 1 amide bonds. The summed E-state index contributed by atoms with van der Waals surface area (Å²) in [6.07, 6.45) is 0.211. The molecule has 1 aromatic rings. The van der Waals surface area contributed by atoms with Gasteiger partial charge in [0.05, 0.1) is 20.1 Å². The molecule has 0 fully saturated rings. The molecule has 0 atom stereocenters. The van der Waals surface area contributed by atoms with Crippen molar-refractivity contribution >= 4 is 11.9 Å². The van der Waals surface area contributed by atoms with Crippen molar-refractivity contribution in [2.45, 2.75) is 6.42 Å². The van der Waals surface area contributed by atoms with Crippen molar-refractivity contribution < 1.29 is 24.2 Å². The lowest BCUT2D eigenvalue weighted by Crippen LogP contribution is -2.29. The molecule has 0 bridgehead atoms. The summed E-state index contributed by atoms with van der Waals surface area (Å²) in [6.45, 7) is 0.0909. The average Bonchev–Trinajstić information content (AvgIpc) is 2.38. The Hall–Kier alpha value is -2.08. The van der Waals surface area contributed by atoms with E-state index in [1.54, 1.807) is 13.2 Å². The molecule has 0 heterocycles. The number of rotatable bonds is 8. The van der Waals surface area contributed by atoms with Crippen LogP contribution in [0.1, 0.15) is 5.56 Å². The van der Waals surface area contributed by atoms with Gasteiger partial charge in [0.25, 0.3) is 0 Å². The van der Waals surface area contributed by atoms with E-state index in [1.165, 1.54) is 0 Å². The second-order valence-electron chi connectivity index (χ2n) is 3.78. The van der Waals surface area contributed by atoms with Crippen LogP contribution >= 0.6 is 0 Å². The summed E-state index contributed by atoms with van der Waals surface area (Å²) in [5.74, 6) is -0.524. The second kappa shape index (κ2) is 8.10. The lowest BCUT2D eigenvalue weighted by molar-refractivity contribution is -0.142. The fourth-order valence-corrected chi connectivity index (χ4v) is 1.51. The van der Waals surface area contributed by atoms with Gasteiger partial charge in [-0.25, -0.2) is 4.79 Å². The van der Waals surface area contributed by atoms with Gasteiger partial charge in [0.1, 0.15) is 12.4 Å². The van der Waals surface area contributed by atoms with E-state index in [0.717, 1.165) is 5.56 Å². The summed E-state index contributed by atoms with van der Waals surface area (Å²) in [5.41, 5.74) is 0.800. The van der Waals surface area contributed by atoms with Crippen LogP contribution in [-0.4, -0.2) is 43.9 Å². The Kier molecular flexibility index (Phi) is 6.38. The molecule has 0 saturated carbocycles. The van der Waals surface area contributed by atoms with E-state index in [0.29, 0.717) is 5.75 Å². The Balaban J connectivity index is 2.29. The standard InChI is InChI=1S/C13H17NO5/c1-18-11-5-3-2-4-10(11)8-12(15)14-6-7-19-9-13(16)17/h2-5H,6-9H2,1H3,(H,14,15)(H,16,17). The van der Waals surface area contributed by atoms with Crippen molar-refractivity contribution in [1.29, 1.82) is 0 Å². The van der Waals surface area contributed by atoms with Gasteiger partial charge in [-0.2, -0.15) is 0 Å². The number of carboxylic acid groups (broad SMARTS) is 1. The first-order chi connectivity index (χ1) is 9.13. The zero-order valence-electron chi connectivity index (χ0n) is 10.7. The monoisotopic (exact) mass is 267 g/mol. The quantitative estimate of drug-likeness (QED) is 0.668. The topological polar surface area (TPSA) is 84.9 Å². The number of amides is 1. The van der Waals surface area contributed by atoms with Gasteiger partial charge in [-0.3, -0.25) is 4.79 Å². The molecule has 0 aromatic heterocycles. The first-order valence-electron chi connectivity index (χ1n) is 5.81. The van der Waals surface area contributed by atoms with E-state index < -0.39 is 5.97 Å². The van der Waals surface area contributed by atoms with E-state index in [1.807, 2.05) is 18.2 Å². The summed E-state index contributed by atoms with van der Waals surface area (Å²) in [6, 6.07) is 7.28. The number of hydrogen-bond donors (Lipinski definition) is 2. The van der Waals surface area contributed by atoms with Gasteiger partial charge in [0, 0.05) is 12.1 Å². The molecule has 2 N–H and O–H groups in total. The Bertz CT molecular complexity index is 433. The highest BCUT2D eigenvalue weighted by Crippen LogP contribution is 2.17. The number of para-hydroxylation sites is 1. The van der Waals surface area contributed by atoms with Crippen molar-refractivity contribution in [1.82, 2.24) is 5.32 Å². The van der Waals surface area contributed by atoms with E-state index in [9.17, 15) is 9.59 Å². The molecular weight excluding hydrogens is 250 g/mol. The minimum absolute atomic E-state index is 0.163. The summed E-state index contributed by atoms with van der Waals surface area (Å²) in [4.78, 5) is 21.8. The molecule has 0 aliphatic heterocycles. The summed E-state index contributed by atoms with van der Waals surface area (Å²) in [7, 11) is 1.55. The van der Waals surface area contributed by atoms with Crippen LogP contribution in [-0.2, 0) is 20.7 Å². The van der Waals surface area contributed by atoms with Crippen LogP contribution < -0.4 is 10.1 Å². The molecule has 0 saturated heterocycles. The predicted molar refractivity (Wildman–Crippen MR) is 68.2 cm³/mol. The van der Waals surface area contributed by atoms with E-state index in [2.05, 4.69) is 5.32 Å². The molecular formula is C13H17NO5. The average molecular weight is 267 g/mol. The van der Waals surface area contributed by atoms with E-state index in [4.69, 9.17) is 14.6 Å².